The van der Waals surface area contributed by atoms with E-state index in [1.807, 2.05) is 25.1 Å². The van der Waals surface area contributed by atoms with E-state index in [1.165, 1.54) is 6.42 Å². The molecule has 0 aliphatic heterocycles. The van der Waals surface area contributed by atoms with E-state index >= 15 is 0 Å². The molecule has 0 spiro atoms. The summed E-state index contributed by atoms with van der Waals surface area (Å²) in [7, 11) is 0. The number of carbonyl (C=O) groups excluding carboxylic acids is 1. The van der Waals surface area contributed by atoms with Crippen molar-refractivity contribution >= 4 is 34.1 Å². The van der Waals surface area contributed by atoms with Gasteiger partial charge in [-0.2, -0.15) is 0 Å². The monoisotopic (exact) mass is 421 g/mol. The SMILES string of the molecule is CCOc1ccc(NC(=O)Nc2c(NC3CCCCC3)c3ccccc3oc2=O)cc1. The van der Waals surface area contributed by atoms with Crippen LogP contribution in [0.25, 0.3) is 11.0 Å². The number of urea groups is 1. The van der Waals surface area contributed by atoms with Crippen molar-refractivity contribution in [3.8, 4) is 5.75 Å². The van der Waals surface area contributed by atoms with Crippen molar-refractivity contribution in [1.29, 1.82) is 0 Å². The predicted molar refractivity (Wildman–Crippen MR) is 123 cm³/mol. The van der Waals surface area contributed by atoms with Gasteiger partial charge in [0.1, 0.15) is 11.3 Å². The first-order chi connectivity index (χ1) is 15.1. The molecule has 2 amide bonds. The van der Waals surface area contributed by atoms with Crippen LogP contribution in [0.2, 0.25) is 0 Å². The number of carbonyl (C=O) groups is 1. The first-order valence-electron chi connectivity index (χ1n) is 10.8. The Morgan fingerprint density at radius 3 is 2.48 bits per heavy atom. The predicted octanol–water partition coefficient (Wildman–Crippen LogP) is 5.58. The van der Waals surface area contributed by atoms with Gasteiger partial charge in [0.05, 0.1) is 12.3 Å². The van der Waals surface area contributed by atoms with Gasteiger partial charge in [0, 0.05) is 17.1 Å². The molecule has 162 valence electrons. The van der Waals surface area contributed by atoms with Gasteiger partial charge in [0.25, 0.3) is 0 Å². The number of ether oxygens (including phenoxy) is 1. The number of benzene rings is 2. The van der Waals surface area contributed by atoms with E-state index in [1.54, 1.807) is 30.3 Å². The lowest BCUT2D eigenvalue weighted by Gasteiger charge is -2.25. The second kappa shape index (κ2) is 9.55. The largest absolute Gasteiger partial charge is 0.494 e. The highest BCUT2D eigenvalue weighted by Gasteiger charge is 2.21. The van der Waals surface area contributed by atoms with Crippen LogP contribution in [0.1, 0.15) is 39.0 Å². The molecule has 1 heterocycles. The van der Waals surface area contributed by atoms with E-state index in [0.29, 0.717) is 23.6 Å². The maximum absolute atomic E-state index is 12.7. The second-order valence-electron chi connectivity index (χ2n) is 7.65. The molecule has 1 aliphatic carbocycles. The zero-order valence-corrected chi connectivity index (χ0v) is 17.6. The molecule has 0 bridgehead atoms. The minimum Gasteiger partial charge on any atom is -0.494 e. The van der Waals surface area contributed by atoms with Crippen LogP contribution in [0, 0.1) is 0 Å². The molecule has 7 heteroatoms. The average Bonchev–Trinajstić information content (AvgIpc) is 2.78. The zero-order valence-electron chi connectivity index (χ0n) is 17.6. The fourth-order valence-electron chi connectivity index (χ4n) is 3.94. The molecule has 7 nitrogen and oxygen atoms in total. The van der Waals surface area contributed by atoms with Crippen molar-refractivity contribution in [2.75, 3.05) is 22.6 Å². The van der Waals surface area contributed by atoms with Gasteiger partial charge in [-0.3, -0.25) is 5.32 Å². The van der Waals surface area contributed by atoms with Gasteiger partial charge < -0.3 is 19.8 Å². The first-order valence-corrected chi connectivity index (χ1v) is 10.8. The summed E-state index contributed by atoms with van der Waals surface area (Å²) in [5, 5.41) is 9.72. The summed E-state index contributed by atoms with van der Waals surface area (Å²) < 4.78 is 10.9. The number of para-hydroxylation sites is 1. The summed E-state index contributed by atoms with van der Waals surface area (Å²) >= 11 is 0. The highest BCUT2D eigenvalue weighted by molar-refractivity contribution is 6.05. The van der Waals surface area contributed by atoms with Gasteiger partial charge in [-0.15, -0.1) is 0 Å². The molecule has 0 radical (unpaired) electrons. The Labute approximate surface area is 180 Å². The van der Waals surface area contributed by atoms with Crippen LogP contribution in [-0.4, -0.2) is 18.7 Å². The molecule has 4 rings (SSSR count). The summed E-state index contributed by atoms with van der Waals surface area (Å²) in [6, 6.07) is 14.1. The third kappa shape index (κ3) is 4.99. The van der Waals surface area contributed by atoms with Gasteiger partial charge in [-0.1, -0.05) is 31.4 Å². The number of nitrogens with one attached hydrogen (secondary N) is 3. The van der Waals surface area contributed by atoms with E-state index in [0.717, 1.165) is 36.8 Å². The molecule has 0 unspecified atom stereocenters. The average molecular weight is 421 g/mol. The molecule has 2 aromatic carbocycles. The smallest absolute Gasteiger partial charge is 0.362 e. The number of rotatable bonds is 6. The maximum atomic E-state index is 12.7. The molecule has 0 saturated heterocycles. The normalized spacial score (nSPS) is 14.2. The summed E-state index contributed by atoms with van der Waals surface area (Å²) in [4.78, 5) is 25.4. The van der Waals surface area contributed by atoms with Gasteiger partial charge >= 0.3 is 11.7 Å². The minimum absolute atomic E-state index is 0.118. The Bertz CT molecular complexity index is 1100. The van der Waals surface area contributed by atoms with E-state index in [4.69, 9.17) is 9.15 Å². The lowest BCUT2D eigenvalue weighted by Crippen LogP contribution is -2.27. The first kappa shape index (κ1) is 20.8. The number of fused-ring (bicyclic) bond motifs is 1. The number of hydrogen-bond acceptors (Lipinski definition) is 5. The molecule has 3 aromatic rings. The van der Waals surface area contributed by atoms with Crippen LogP contribution in [0.4, 0.5) is 21.9 Å². The van der Waals surface area contributed by atoms with Crippen molar-refractivity contribution < 1.29 is 13.9 Å². The van der Waals surface area contributed by atoms with Gasteiger partial charge in [-0.25, -0.2) is 9.59 Å². The van der Waals surface area contributed by atoms with Crippen molar-refractivity contribution in [2.45, 2.75) is 45.1 Å². The molecule has 31 heavy (non-hydrogen) atoms. The molecule has 3 N–H and O–H groups in total. The molecule has 1 fully saturated rings. The molecule has 1 aliphatic rings. The third-order valence-corrected chi connectivity index (χ3v) is 5.43. The van der Waals surface area contributed by atoms with Crippen LogP contribution in [0.3, 0.4) is 0 Å². The summed E-state index contributed by atoms with van der Waals surface area (Å²) in [6.45, 7) is 2.48. The second-order valence-corrected chi connectivity index (χ2v) is 7.65. The van der Waals surface area contributed by atoms with Crippen LogP contribution < -0.4 is 26.3 Å². The quantitative estimate of drug-likeness (QED) is 0.452. The summed E-state index contributed by atoms with van der Waals surface area (Å²) in [6.07, 6.45) is 5.60. The zero-order chi connectivity index (χ0) is 21.6. The molecular formula is C24H27N3O4. The topological polar surface area (TPSA) is 92.6 Å². The molecule has 0 atom stereocenters. The van der Waals surface area contributed by atoms with Crippen molar-refractivity contribution in [2.24, 2.45) is 0 Å². The lowest BCUT2D eigenvalue weighted by atomic mass is 9.95. The number of anilines is 3. The van der Waals surface area contributed by atoms with Gasteiger partial charge in [0.15, 0.2) is 5.69 Å². The Hall–Kier alpha value is -3.48. The fraction of sp³-hybridized carbons (Fsp3) is 0.333. The van der Waals surface area contributed by atoms with Crippen molar-refractivity contribution in [3.63, 3.8) is 0 Å². The van der Waals surface area contributed by atoms with Gasteiger partial charge in [-0.05, 0) is 56.2 Å². The van der Waals surface area contributed by atoms with Crippen LogP contribution in [0.5, 0.6) is 5.75 Å². The van der Waals surface area contributed by atoms with E-state index < -0.39 is 11.7 Å². The number of hydrogen-bond donors (Lipinski definition) is 3. The van der Waals surface area contributed by atoms with Crippen LogP contribution >= 0.6 is 0 Å². The van der Waals surface area contributed by atoms with E-state index in [9.17, 15) is 9.59 Å². The Balaban J connectivity index is 1.59. The van der Waals surface area contributed by atoms with Gasteiger partial charge in [0.2, 0.25) is 0 Å². The number of amides is 2. The Morgan fingerprint density at radius 1 is 1.00 bits per heavy atom. The molecule has 1 saturated carbocycles. The van der Waals surface area contributed by atoms with E-state index in [2.05, 4.69) is 16.0 Å². The Morgan fingerprint density at radius 2 is 1.74 bits per heavy atom. The van der Waals surface area contributed by atoms with Crippen LogP contribution in [0.15, 0.2) is 57.7 Å². The highest BCUT2D eigenvalue weighted by Crippen LogP contribution is 2.32. The summed E-state index contributed by atoms with van der Waals surface area (Å²) in [5.74, 6) is 0.725. The molecule has 1 aromatic heterocycles. The maximum Gasteiger partial charge on any atom is 0.362 e. The third-order valence-electron chi connectivity index (χ3n) is 5.43. The van der Waals surface area contributed by atoms with E-state index in [-0.39, 0.29) is 11.7 Å². The fourth-order valence-corrected chi connectivity index (χ4v) is 3.94. The Kier molecular flexibility index (Phi) is 6.40. The minimum atomic E-state index is -0.584. The summed E-state index contributed by atoms with van der Waals surface area (Å²) in [5.41, 5.74) is 1.23. The molecular weight excluding hydrogens is 394 g/mol. The standard InChI is InChI=1S/C24H27N3O4/c1-2-30-18-14-12-17(13-15-18)26-24(29)27-22-21(25-16-8-4-3-5-9-16)19-10-6-7-11-20(19)31-23(22)28/h6-7,10-16,25H,2-5,8-9H2,1H3,(H2,26,27,29). The highest BCUT2D eigenvalue weighted by atomic mass is 16.5. The van der Waals surface area contributed by atoms with Crippen molar-refractivity contribution in [3.05, 3.63) is 59.0 Å². The van der Waals surface area contributed by atoms with Crippen molar-refractivity contribution in [1.82, 2.24) is 0 Å². The van der Waals surface area contributed by atoms with Crippen LogP contribution in [-0.2, 0) is 0 Å². The lowest BCUT2D eigenvalue weighted by molar-refractivity contribution is 0.262.